The third-order valence-electron chi connectivity index (χ3n) is 3.71. The van der Waals surface area contributed by atoms with Crippen LogP contribution in [0.15, 0.2) is 21.6 Å². The third kappa shape index (κ3) is 2.11. The number of isocyanates is 1. The Labute approximate surface area is 115 Å². The predicted octanol–water partition coefficient (Wildman–Crippen LogP) is 3.74. The van der Waals surface area contributed by atoms with Crippen LogP contribution in [0.5, 0.6) is 5.75 Å². The van der Waals surface area contributed by atoms with Gasteiger partial charge < -0.3 is 4.74 Å². The van der Waals surface area contributed by atoms with Gasteiger partial charge in [-0.2, -0.15) is 4.99 Å². The third-order valence-corrected chi connectivity index (χ3v) is 4.41. The second-order valence-electron chi connectivity index (χ2n) is 4.58. The molecule has 96 valence electrons. The minimum atomic E-state index is -0.371. The van der Waals surface area contributed by atoms with Crippen molar-refractivity contribution in [3.8, 4) is 5.75 Å². The van der Waals surface area contributed by atoms with Crippen molar-refractivity contribution in [1.82, 2.24) is 0 Å². The Morgan fingerprint density at radius 3 is 2.67 bits per heavy atom. The van der Waals surface area contributed by atoms with Crippen LogP contribution in [0.4, 0.5) is 0 Å². The van der Waals surface area contributed by atoms with Gasteiger partial charge in [-0.15, -0.1) is 0 Å². The minimum Gasteiger partial charge on any atom is -0.496 e. The number of hydrogen-bond acceptors (Lipinski definition) is 3. The van der Waals surface area contributed by atoms with E-state index in [4.69, 9.17) is 4.74 Å². The number of hydrogen-bond donors (Lipinski definition) is 0. The molecule has 1 aliphatic rings. The molecule has 1 aromatic carbocycles. The van der Waals surface area contributed by atoms with Crippen molar-refractivity contribution in [3.05, 3.63) is 27.7 Å². The summed E-state index contributed by atoms with van der Waals surface area (Å²) in [5.74, 6) is 0.856. The second-order valence-corrected chi connectivity index (χ2v) is 5.44. The van der Waals surface area contributed by atoms with Crippen LogP contribution in [0.2, 0.25) is 0 Å². The molecular weight excluding hydrogens is 294 g/mol. The fourth-order valence-corrected chi connectivity index (χ4v) is 3.19. The lowest BCUT2D eigenvalue weighted by Crippen LogP contribution is -2.32. The Morgan fingerprint density at radius 1 is 1.50 bits per heavy atom. The SMILES string of the molecule is CCc1c(Br)cc(C2(N=C=O)CCC2)cc1OC. The highest BCUT2D eigenvalue weighted by Crippen LogP contribution is 2.47. The first-order chi connectivity index (χ1) is 8.66. The second kappa shape index (κ2) is 5.25. The molecule has 0 saturated heterocycles. The first-order valence-corrected chi connectivity index (χ1v) is 6.92. The van der Waals surface area contributed by atoms with Gasteiger partial charge in [-0.3, -0.25) is 0 Å². The number of halogens is 1. The molecule has 1 aliphatic carbocycles. The first kappa shape index (κ1) is 13.3. The Hall–Kier alpha value is -1.12. The molecule has 0 N–H and O–H groups in total. The molecule has 3 nitrogen and oxygen atoms in total. The quantitative estimate of drug-likeness (QED) is 0.628. The van der Waals surface area contributed by atoms with Gasteiger partial charge in [0, 0.05) is 10.0 Å². The first-order valence-electron chi connectivity index (χ1n) is 6.13. The zero-order valence-electron chi connectivity index (χ0n) is 10.6. The monoisotopic (exact) mass is 309 g/mol. The molecule has 18 heavy (non-hydrogen) atoms. The number of nitrogens with zero attached hydrogens (tertiary/aromatic N) is 1. The summed E-state index contributed by atoms with van der Waals surface area (Å²) in [7, 11) is 1.67. The van der Waals surface area contributed by atoms with Crippen LogP contribution in [-0.4, -0.2) is 13.2 Å². The number of aliphatic imine (C=N–C) groups is 1. The van der Waals surface area contributed by atoms with Crippen LogP contribution < -0.4 is 4.74 Å². The van der Waals surface area contributed by atoms with Gasteiger partial charge in [0.1, 0.15) is 5.75 Å². The lowest BCUT2D eigenvalue weighted by molar-refractivity contribution is 0.254. The number of ether oxygens (including phenoxy) is 1. The van der Waals surface area contributed by atoms with Gasteiger partial charge in [-0.05, 0) is 43.4 Å². The molecule has 0 bridgehead atoms. The van der Waals surface area contributed by atoms with E-state index in [2.05, 4.69) is 33.9 Å². The van der Waals surface area contributed by atoms with E-state index < -0.39 is 0 Å². The van der Waals surface area contributed by atoms with E-state index in [-0.39, 0.29) is 5.54 Å². The molecule has 1 fully saturated rings. The Morgan fingerprint density at radius 2 is 2.22 bits per heavy atom. The Kier molecular flexibility index (Phi) is 3.88. The van der Waals surface area contributed by atoms with Crippen molar-refractivity contribution in [3.63, 3.8) is 0 Å². The van der Waals surface area contributed by atoms with Crippen LogP contribution in [0, 0.1) is 0 Å². The van der Waals surface area contributed by atoms with E-state index in [1.807, 2.05) is 6.07 Å². The molecule has 0 spiro atoms. The number of rotatable bonds is 4. The molecule has 0 radical (unpaired) electrons. The lowest BCUT2D eigenvalue weighted by Gasteiger charge is -2.37. The standard InChI is InChI=1S/C14H16BrNO2/c1-3-11-12(15)7-10(8-13(11)18-2)14(16-9-17)5-4-6-14/h7-8H,3-6H2,1-2H3. The van der Waals surface area contributed by atoms with Crippen molar-refractivity contribution >= 4 is 22.0 Å². The van der Waals surface area contributed by atoms with Gasteiger partial charge in [-0.1, -0.05) is 22.9 Å². The zero-order chi connectivity index (χ0) is 13.2. The van der Waals surface area contributed by atoms with Gasteiger partial charge in [0.05, 0.1) is 12.6 Å². The molecule has 1 aromatic rings. The summed E-state index contributed by atoms with van der Waals surface area (Å²) in [6, 6.07) is 4.06. The maximum Gasteiger partial charge on any atom is 0.235 e. The van der Waals surface area contributed by atoms with Gasteiger partial charge in [0.15, 0.2) is 0 Å². The fraction of sp³-hybridized carbons (Fsp3) is 0.500. The van der Waals surface area contributed by atoms with E-state index in [0.29, 0.717) is 0 Å². The number of methoxy groups -OCH3 is 1. The minimum absolute atomic E-state index is 0.371. The largest absolute Gasteiger partial charge is 0.496 e. The summed E-state index contributed by atoms with van der Waals surface area (Å²) in [6.07, 6.45) is 5.52. The average molecular weight is 310 g/mol. The van der Waals surface area contributed by atoms with Crippen molar-refractivity contribution in [2.75, 3.05) is 7.11 Å². The van der Waals surface area contributed by atoms with Gasteiger partial charge >= 0.3 is 0 Å². The van der Waals surface area contributed by atoms with Crippen LogP contribution >= 0.6 is 15.9 Å². The number of carbonyl (C=O) groups excluding carboxylic acids is 1. The van der Waals surface area contributed by atoms with Crippen LogP contribution in [0.3, 0.4) is 0 Å². The predicted molar refractivity (Wildman–Crippen MR) is 73.7 cm³/mol. The van der Waals surface area contributed by atoms with Crippen molar-refractivity contribution in [1.29, 1.82) is 0 Å². The van der Waals surface area contributed by atoms with E-state index in [0.717, 1.165) is 47.0 Å². The molecule has 0 aliphatic heterocycles. The molecular formula is C14H16BrNO2. The van der Waals surface area contributed by atoms with Crippen LogP contribution in [-0.2, 0) is 16.8 Å². The van der Waals surface area contributed by atoms with Crippen molar-refractivity contribution < 1.29 is 9.53 Å². The molecule has 0 heterocycles. The molecule has 0 atom stereocenters. The topological polar surface area (TPSA) is 38.7 Å². The average Bonchev–Trinajstić information content (AvgIpc) is 2.32. The molecule has 4 heteroatoms. The van der Waals surface area contributed by atoms with Crippen molar-refractivity contribution in [2.45, 2.75) is 38.1 Å². The van der Waals surface area contributed by atoms with Crippen LogP contribution in [0.25, 0.3) is 0 Å². The molecule has 2 rings (SSSR count). The highest BCUT2D eigenvalue weighted by atomic mass is 79.9. The van der Waals surface area contributed by atoms with E-state index in [1.54, 1.807) is 13.2 Å². The van der Waals surface area contributed by atoms with E-state index in [1.165, 1.54) is 0 Å². The van der Waals surface area contributed by atoms with Gasteiger partial charge in [0.2, 0.25) is 6.08 Å². The summed E-state index contributed by atoms with van der Waals surface area (Å²) in [5, 5.41) is 0. The van der Waals surface area contributed by atoms with E-state index >= 15 is 0 Å². The fourth-order valence-electron chi connectivity index (χ4n) is 2.47. The smallest absolute Gasteiger partial charge is 0.235 e. The summed E-state index contributed by atoms with van der Waals surface area (Å²) >= 11 is 3.58. The van der Waals surface area contributed by atoms with Gasteiger partial charge in [0.25, 0.3) is 0 Å². The van der Waals surface area contributed by atoms with Gasteiger partial charge in [-0.25, -0.2) is 4.79 Å². The Balaban J connectivity index is 2.52. The molecule has 0 aromatic heterocycles. The summed E-state index contributed by atoms with van der Waals surface area (Å²) in [4.78, 5) is 14.6. The summed E-state index contributed by atoms with van der Waals surface area (Å²) in [6.45, 7) is 2.09. The highest BCUT2D eigenvalue weighted by molar-refractivity contribution is 9.10. The summed E-state index contributed by atoms with van der Waals surface area (Å²) < 4.78 is 6.45. The normalized spacial score (nSPS) is 16.6. The molecule has 0 unspecified atom stereocenters. The van der Waals surface area contributed by atoms with Crippen molar-refractivity contribution in [2.24, 2.45) is 4.99 Å². The molecule has 0 amide bonds. The maximum atomic E-state index is 10.6. The van der Waals surface area contributed by atoms with E-state index in [9.17, 15) is 4.79 Å². The Bertz CT molecular complexity index is 503. The molecule has 1 saturated carbocycles. The summed E-state index contributed by atoms with van der Waals surface area (Å²) in [5.41, 5.74) is 1.81. The lowest BCUT2D eigenvalue weighted by atomic mass is 9.72. The highest BCUT2D eigenvalue weighted by Gasteiger charge is 2.39. The number of benzene rings is 1. The maximum absolute atomic E-state index is 10.6. The zero-order valence-corrected chi connectivity index (χ0v) is 12.2. The van der Waals surface area contributed by atoms with Crippen LogP contribution in [0.1, 0.15) is 37.3 Å².